The van der Waals surface area contributed by atoms with E-state index >= 15 is 0 Å². The fraction of sp³-hybridized carbons (Fsp3) is 0.625. The molecule has 2 atom stereocenters. The molecule has 1 aliphatic rings. The van der Waals surface area contributed by atoms with Gasteiger partial charge in [0.2, 0.25) is 0 Å². The molecule has 1 saturated heterocycles. The van der Waals surface area contributed by atoms with E-state index in [9.17, 15) is 0 Å². The van der Waals surface area contributed by atoms with Gasteiger partial charge in [0.15, 0.2) is 0 Å². The first-order valence-corrected chi connectivity index (χ1v) is 7.19. The van der Waals surface area contributed by atoms with E-state index in [0.29, 0.717) is 6.04 Å². The number of hydrogen-bond acceptors (Lipinski definition) is 2. The Balaban J connectivity index is 2.30. The molecule has 0 aromatic heterocycles. The van der Waals surface area contributed by atoms with Crippen LogP contribution in [0.4, 0.5) is 5.69 Å². The first kappa shape index (κ1) is 13.4. The third kappa shape index (κ3) is 2.54. The van der Waals surface area contributed by atoms with Gasteiger partial charge >= 0.3 is 0 Å². The van der Waals surface area contributed by atoms with Crippen LogP contribution in [0.25, 0.3) is 0 Å². The second kappa shape index (κ2) is 5.31. The normalized spacial score (nSPS) is 28.4. The largest absolute Gasteiger partial charge is 0.365 e. The summed E-state index contributed by atoms with van der Waals surface area (Å²) in [5.74, 6) is 0. The van der Waals surface area contributed by atoms with Crippen molar-refractivity contribution in [3.63, 3.8) is 0 Å². The molecule has 1 fully saturated rings. The number of rotatable bonds is 3. The van der Waals surface area contributed by atoms with E-state index in [1.54, 1.807) is 0 Å². The minimum atomic E-state index is 0.243. The lowest BCUT2D eigenvalue weighted by Gasteiger charge is -2.46. The number of piperazine rings is 1. The zero-order chi connectivity index (χ0) is 13.2. The highest BCUT2D eigenvalue weighted by molar-refractivity contribution is 5.55. The Hall–Kier alpha value is -1.02. The molecule has 2 rings (SSSR count). The molecule has 2 nitrogen and oxygen atoms in total. The summed E-state index contributed by atoms with van der Waals surface area (Å²) in [6.45, 7) is 11.3. The number of nitrogens with zero attached hydrogens (tertiary/aromatic N) is 1. The second-order valence-corrected chi connectivity index (χ2v) is 5.75. The summed E-state index contributed by atoms with van der Waals surface area (Å²) < 4.78 is 0. The van der Waals surface area contributed by atoms with Crippen molar-refractivity contribution in [2.24, 2.45) is 0 Å². The molecular formula is C16H26N2. The number of anilines is 1. The van der Waals surface area contributed by atoms with Crippen molar-refractivity contribution in [1.82, 2.24) is 5.32 Å². The predicted octanol–water partition coefficient (Wildman–Crippen LogP) is 3.22. The number of hydrogen-bond donors (Lipinski definition) is 1. The molecule has 0 radical (unpaired) electrons. The highest BCUT2D eigenvalue weighted by Gasteiger charge is 2.33. The van der Waals surface area contributed by atoms with E-state index in [2.05, 4.69) is 62.2 Å². The van der Waals surface area contributed by atoms with Crippen LogP contribution < -0.4 is 10.2 Å². The smallest absolute Gasteiger partial charge is 0.0402 e. The monoisotopic (exact) mass is 246 g/mol. The van der Waals surface area contributed by atoms with Crippen LogP contribution in [-0.2, 0) is 6.42 Å². The molecule has 2 unspecified atom stereocenters. The number of nitrogens with one attached hydrogen (secondary N) is 1. The molecule has 100 valence electrons. The molecule has 2 heteroatoms. The van der Waals surface area contributed by atoms with Crippen molar-refractivity contribution in [3.05, 3.63) is 29.8 Å². The molecule has 1 N–H and O–H groups in total. The number of benzene rings is 1. The van der Waals surface area contributed by atoms with Crippen molar-refractivity contribution >= 4 is 5.69 Å². The zero-order valence-corrected chi connectivity index (χ0v) is 12.2. The lowest BCUT2D eigenvalue weighted by Crippen LogP contribution is -2.62. The van der Waals surface area contributed by atoms with Crippen LogP contribution in [0, 0.1) is 0 Å². The Morgan fingerprint density at radius 1 is 1.33 bits per heavy atom. The van der Waals surface area contributed by atoms with Crippen LogP contribution >= 0.6 is 0 Å². The predicted molar refractivity (Wildman–Crippen MR) is 79.3 cm³/mol. The Labute approximate surface area is 111 Å². The van der Waals surface area contributed by atoms with Crippen LogP contribution in [0.2, 0.25) is 0 Å². The average Bonchev–Trinajstić information content (AvgIpc) is 2.42. The molecule has 0 spiro atoms. The Morgan fingerprint density at radius 3 is 2.72 bits per heavy atom. The fourth-order valence-corrected chi connectivity index (χ4v) is 2.74. The molecule has 1 aromatic rings. The summed E-state index contributed by atoms with van der Waals surface area (Å²) in [4.78, 5) is 2.58. The summed E-state index contributed by atoms with van der Waals surface area (Å²) in [7, 11) is 0. The van der Waals surface area contributed by atoms with E-state index in [0.717, 1.165) is 19.5 Å². The maximum atomic E-state index is 3.69. The molecular weight excluding hydrogens is 220 g/mol. The molecule has 1 heterocycles. The van der Waals surface area contributed by atoms with Crippen LogP contribution in [-0.4, -0.2) is 24.7 Å². The van der Waals surface area contributed by atoms with Gasteiger partial charge in [-0.3, -0.25) is 0 Å². The van der Waals surface area contributed by atoms with Crippen molar-refractivity contribution in [3.8, 4) is 0 Å². The van der Waals surface area contributed by atoms with E-state index < -0.39 is 0 Å². The lowest BCUT2D eigenvalue weighted by atomic mass is 9.92. The van der Waals surface area contributed by atoms with E-state index in [4.69, 9.17) is 0 Å². The molecule has 0 saturated carbocycles. The summed E-state index contributed by atoms with van der Waals surface area (Å²) in [6.07, 6.45) is 2.28. The Morgan fingerprint density at radius 2 is 2.06 bits per heavy atom. The van der Waals surface area contributed by atoms with Gasteiger partial charge in [0.05, 0.1) is 0 Å². The van der Waals surface area contributed by atoms with Crippen molar-refractivity contribution in [1.29, 1.82) is 0 Å². The van der Waals surface area contributed by atoms with E-state index in [1.165, 1.54) is 17.7 Å². The summed E-state index contributed by atoms with van der Waals surface area (Å²) in [6, 6.07) is 9.41. The Kier molecular flexibility index (Phi) is 3.96. The molecule has 0 aliphatic carbocycles. The highest BCUT2D eigenvalue weighted by atomic mass is 15.3. The van der Waals surface area contributed by atoms with Gasteiger partial charge in [0.25, 0.3) is 0 Å². The third-order valence-corrected chi connectivity index (χ3v) is 4.34. The van der Waals surface area contributed by atoms with Gasteiger partial charge in [0, 0.05) is 30.4 Å². The van der Waals surface area contributed by atoms with Crippen molar-refractivity contribution in [2.45, 2.75) is 52.1 Å². The van der Waals surface area contributed by atoms with Crippen LogP contribution in [0.1, 0.15) is 39.7 Å². The summed E-state index contributed by atoms with van der Waals surface area (Å²) in [5, 5.41) is 3.69. The lowest BCUT2D eigenvalue weighted by molar-refractivity contribution is 0.285. The Bertz CT molecular complexity index is 402. The standard InChI is InChI=1S/C16H26N2/c1-5-14-9-7-8-10-15(14)18-12-16(4,6-2)17-11-13(18)3/h7-10,13,17H,5-6,11-12H2,1-4H3. The van der Waals surface area contributed by atoms with E-state index in [1.807, 2.05) is 0 Å². The van der Waals surface area contributed by atoms with Gasteiger partial charge in [0.1, 0.15) is 0 Å². The van der Waals surface area contributed by atoms with Crippen molar-refractivity contribution in [2.75, 3.05) is 18.0 Å². The molecule has 1 aliphatic heterocycles. The number of aryl methyl sites for hydroxylation is 1. The van der Waals surface area contributed by atoms with Crippen LogP contribution in [0.15, 0.2) is 24.3 Å². The number of para-hydroxylation sites is 1. The maximum Gasteiger partial charge on any atom is 0.0402 e. The molecule has 1 aromatic carbocycles. The summed E-state index contributed by atoms with van der Waals surface area (Å²) >= 11 is 0. The summed E-state index contributed by atoms with van der Waals surface area (Å²) in [5.41, 5.74) is 3.13. The van der Waals surface area contributed by atoms with Crippen LogP contribution in [0.5, 0.6) is 0 Å². The molecule has 0 bridgehead atoms. The van der Waals surface area contributed by atoms with Gasteiger partial charge in [-0.25, -0.2) is 0 Å². The molecule has 18 heavy (non-hydrogen) atoms. The van der Waals surface area contributed by atoms with Gasteiger partial charge < -0.3 is 10.2 Å². The first-order valence-electron chi connectivity index (χ1n) is 7.19. The topological polar surface area (TPSA) is 15.3 Å². The van der Waals surface area contributed by atoms with Crippen molar-refractivity contribution < 1.29 is 0 Å². The first-order chi connectivity index (χ1) is 8.59. The quantitative estimate of drug-likeness (QED) is 0.881. The van der Waals surface area contributed by atoms with Crippen LogP contribution in [0.3, 0.4) is 0 Å². The molecule has 0 amide bonds. The third-order valence-electron chi connectivity index (χ3n) is 4.34. The van der Waals surface area contributed by atoms with Gasteiger partial charge in [-0.2, -0.15) is 0 Å². The second-order valence-electron chi connectivity index (χ2n) is 5.75. The van der Waals surface area contributed by atoms with Gasteiger partial charge in [-0.05, 0) is 38.3 Å². The maximum absolute atomic E-state index is 3.69. The highest BCUT2D eigenvalue weighted by Crippen LogP contribution is 2.28. The van der Waals surface area contributed by atoms with Gasteiger partial charge in [-0.15, -0.1) is 0 Å². The van der Waals surface area contributed by atoms with Gasteiger partial charge in [-0.1, -0.05) is 32.0 Å². The van der Waals surface area contributed by atoms with E-state index in [-0.39, 0.29) is 5.54 Å². The SMILES string of the molecule is CCc1ccccc1N1CC(C)(CC)NCC1C. The minimum absolute atomic E-state index is 0.243. The minimum Gasteiger partial charge on any atom is -0.365 e. The zero-order valence-electron chi connectivity index (χ0n) is 12.2. The average molecular weight is 246 g/mol. The fourth-order valence-electron chi connectivity index (χ4n) is 2.74.